The van der Waals surface area contributed by atoms with Crippen LogP contribution in [-0.4, -0.2) is 32.3 Å². The molecule has 2 amide bonds. The van der Waals surface area contributed by atoms with E-state index in [1.165, 1.54) is 16.7 Å². The minimum atomic E-state index is -0.253. The Labute approximate surface area is 201 Å². The SMILES string of the molecule is COc1ccc(/C=C2/Sc3ccccc3N(CC(=O)NCc3ccc4c(c3)OCO4)C2=O)cc1. The Bertz CT molecular complexity index is 1270. The third-order valence-corrected chi connectivity index (χ3v) is 6.55. The third kappa shape index (κ3) is 4.58. The summed E-state index contributed by atoms with van der Waals surface area (Å²) in [7, 11) is 1.61. The maximum atomic E-state index is 13.4. The zero-order valence-corrected chi connectivity index (χ0v) is 19.3. The lowest BCUT2D eigenvalue weighted by Crippen LogP contribution is -2.42. The predicted molar refractivity (Wildman–Crippen MR) is 130 cm³/mol. The van der Waals surface area contributed by atoms with Gasteiger partial charge in [0, 0.05) is 11.4 Å². The fourth-order valence-corrected chi connectivity index (χ4v) is 4.78. The van der Waals surface area contributed by atoms with Crippen molar-refractivity contribution in [1.29, 1.82) is 0 Å². The number of carbonyl (C=O) groups excluding carboxylic acids is 2. The van der Waals surface area contributed by atoms with Crippen LogP contribution in [0.5, 0.6) is 17.2 Å². The summed E-state index contributed by atoms with van der Waals surface area (Å²) >= 11 is 1.40. The molecule has 2 aliphatic heterocycles. The van der Waals surface area contributed by atoms with Gasteiger partial charge in [-0.3, -0.25) is 14.5 Å². The van der Waals surface area contributed by atoms with Crippen molar-refractivity contribution in [2.24, 2.45) is 0 Å². The molecule has 2 aliphatic rings. The zero-order chi connectivity index (χ0) is 23.5. The summed E-state index contributed by atoms with van der Waals surface area (Å²) in [4.78, 5) is 29.2. The van der Waals surface area contributed by atoms with Gasteiger partial charge in [-0.05, 0) is 53.6 Å². The third-order valence-electron chi connectivity index (χ3n) is 5.47. The van der Waals surface area contributed by atoms with Gasteiger partial charge in [-0.25, -0.2) is 0 Å². The number of anilines is 1. The number of amides is 2. The molecule has 0 aromatic heterocycles. The molecule has 0 unspecified atom stereocenters. The van der Waals surface area contributed by atoms with Crippen molar-refractivity contribution >= 4 is 35.3 Å². The number of nitrogens with one attached hydrogen (secondary N) is 1. The first-order chi connectivity index (χ1) is 16.6. The highest BCUT2D eigenvalue weighted by Gasteiger charge is 2.30. The van der Waals surface area contributed by atoms with E-state index in [0.717, 1.165) is 27.5 Å². The van der Waals surface area contributed by atoms with Gasteiger partial charge in [-0.2, -0.15) is 0 Å². The molecule has 1 N–H and O–H groups in total. The first-order valence-electron chi connectivity index (χ1n) is 10.7. The lowest BCUT2D eigenvalue weighted by Gasteiger charge is -2.29. The van der Waals surface area contributed by atoms with Crippen LogP contribution in [0.4, 0.5) is 5.69 Å². The van der Waals surface area contributed by atoms with Crippen LogP contribution in [0.15, 0.2) is 76.5 Å². The maximum Gasteiger partial charge on any atom is 0.265 e. The quantitative estimate of drug-likeness (QED) is 0.539. The molecule has 0 atom stereocenters. The number of fused-ring (bicyclic) bond motifs is 2. The van der Waals surface area contributed by atoms with Crippen molar-refractivity contribution in [3.8, 4) is 17.2 Å². The van der Waals surface area contributed by atoms with Crippen LogP contribution in [0.3, 0.4) is 0 Å². The van der Waals surface area contributed by atoms with E-state index in [9.17, 15) is 9.59 Å². The second kappa shape index (κ2) is 9.52. The lowest BCUT2D eigenvalue weighted by molar-refractivity contribution is -0.122. The highest BCUT2D eigenvalue weighted by Crippen LogP contribution is 2.42. The summed E-state index contributed by atoms with van der Waals surface area (Å²) in [5, 5.41) is 2.90. The summed E-state index contributed by atoms with van der Waals surface area (Å²) in [6, 6.07) is 20.6. The Morgan fingerprint density at radius 1 is 1.09 bits per heavy atom. The Morgan fingerprint density at radius 2 is 1.88 bits per heavy atom. The normalized spacial score (nSPS) is 15.3. The average Bonchev–Trinajstić information content (AvgIpc) is 3.34. The second-order valence-electron chi connectivity index (χ2n) is 7.71. The number of thioether (sulfide) groups is 1. The number of ether oxygens (including phenoxy) is 3. The molecule has 0 aliphatic carbocycles. The van der Waals surface area contributed by atoms with E-state index >= 15 is 0 Å². The molecule has 0 fully saturated rings. The van der Waals surface area contributed by atoms with Crippen molar-refractivity contribution in [2.45, 2.75) is 11.4 Å². The van der Waals surface area contributed by atoms with E-state index in [-0.39, 0.29) is 25.2 Å². The van der Waals surface area contributed by atoms with E-state index in [2.05, 4.69) is 5.32 Å². The molecule has 8 heteroatoms. The highest BCUT2D eigenvalue weighted by atomic mass is 32.2. The highest BCUT2D eigenvalue weighted by molar-refractivity contribution is 8.04. The minimum Gasteiger partial charge on any atom is -0.497 e. The van der Waals surface area contributed by atoms with Crippen molar-refractivity contribution < 1.29 is 23.8 Å². The average molecular weight is 475 g/mol. The topological polar surface area (TPSA) is 77.1 Å². The molecule has 0 spiro atoms. The van der Waals surface area contributed by atoms with Gasteiger partial charge in [-0.15, -0.1) is 0 Å². The van der Waals surface area contributed by atoms with Gasteiger partial charge in [0.15, 0.2) is 11.5 Å². The van der Waals surface area contributed by atoms with Crippen molar-refractivity contribution in [1.82, 2.24) is 5.32 Å². The first-order valence-corrected chi connectivity index (χ1v) is 11.5. The van der Waals surface area contributed by atoms with Crippen LogP contribution in [-0.2, 0) is 16.1 Å². The molecule has 3 aromatic rings. The fourth-order valence-electron chi connectivity index (χ4n) is 3.72. The molecule has 0 bridgehead atoms. The summed E-state index contributed by atoms with van der Waals surface area (Å²) in [6.45, 7) is 0.440. The van der Waals surface area contributed by atoms with E-state index in [0.29, 0.717) is 22.9 Å². The van der Waals surface area contributed by atoms with E-state index in [1.807, 2.05) is 72.8 Å². The fraction of sp³-hybridized carbons (Fsp3) is 0.154. The van der Waals surface area contributed by atoms with Crippen LogP contribution >= 0.6 is 11.8 Å². The standard InChI is InChI=1S/C26H22N2O5S/c1-31-19-9-6-17(7-10-19)13-24-26(30)28(20-4-2-3-5-23(20)34-24)15-25(29)27-14-18-8-11-21-22(12-18)33-16-32-21/h2-13H,14-16H2,1H3,(H,27,29)/b24-13+. The van der Waals surface area contributed by atoms with Crippen LogP contribution in [0.25, 0.3) is 6.08 Å². The van der Waals surface area contributed by atoms with E-state index in [4.69, 9.17) is 14.2 Å². The Hall–Kier alpha value is -3.91. The molecule has 172 valence electrons. The van der Waals surface area contributed by atoms with Gasteiger partial charge >= 0.3 is 0 Å². The van der Waals surface area contributed by atoms with Gasteiger partial charge in [0.25, 0.3) is 5.91 Å². The smallest absolute Gasteiger partial charge is 0.265 e. The molecule has 0 saturated heterocycles. The lowest BCUT2D eigenvalue weighted by atomic mass is 10.2. The van der Waals surface area contributed by atoms with Crippen LogP contribution < -0.4 is 24.4 Å². The number of methoxy groups -OCH3 is 1. The first kappa shape index (κ1) is 21.9. The van der Waals surface area contributed by atoms with Crippen LogP contribution in [0.2, 0.25) is 0 Å². The molecule has 5 rings (SSSR count). The second-order valence-corrected chi connectivity index (χ2v) is 8.79. The Morgan fingerprint density at radius 3 is 2.71 bits per heavy atom. The van der Waals surface area contributed by atoms with Crippen LogP contribution in [0, 0.1) is 0 Å². The number of hydrogen-bond donors (Lipinski definition) is 1. The van der Waals surface area contributed by atoms with E-state index in [1.54, 1.807) is 7.11 Å². The largest absolute Gasteiger partial charge is 0.497 e. The van der Waals surface area contributed by atoms with Gasteiger partial charge < -0.3 is 19.5 Å². The van der Waals surface area contributed by atoms with E-state index < -0.39 is 0 Å². The molecule has 7 nitrogen and oxygen atoms in total. The minimum absolute atomic E-state index is 0.0824. The van der Waals surface area contributed by atoms with Gasteiger partial charge in [-0.1, -0.05) is 42.1 Å². The zero-order valence-electron chi connectivity index (χ0n) is 18.4. The van der Waals surface area contributed by atoms with Gasteiger partial charge in [0.05, 0.1) is 17.7 Å². The Balaban J connectivity index is 1.32. The molecule has 0 saturated carbocycles. The molecule has 0 radical (unpaired) electrons. The summed E-state index contributed by atoms with van der Waals surface area (Å²) in [6.07, 6.45) is 1.83. The number of carbonyl (C=O) groups is 2. The molecular weight excluding hydrogens is 452 g/mol. The number of para-hydroxylation sites is 1. The number of hydrogen-bond acceptors (Lipinski definition) is 6. The monoisotopic (exact) mass is 474 g/mol. The number of benzene rings is 3. The molecule has 3 aromatic carbocycles. The molecule has 34 heavy (non-hydrogen) atoms. The van der Waals surface area contributed by atoms with Crippen LogP contribution in [0.1, 0.15) is 11.1 Å². The summed E-state index contributed by atoms with van der Waals surface area (Å²) in [5.74, 6) is 1.64. The van der Waals surface area contributed by atoms with Crippen molar-refractivity contribution in [3.05, 3.63) is 82.8 Å². The number of nitrogens with zero attached hydrogens (tertiary/aromatic N) is 1. The predicted octanol–water partition coefficient (Wildman–Crippen LogP) is 4.22. The van der Waals surface area contributed by atoms with Gasteiger partial charge in [0.2, 0.25) is 12.7 Å². The van der Waals surface area contributed by atoms with Gasteiger partial charge in [0.1, 0.15) is 12.3 Å². The Kier molecular flexibility index (Phi) is 6.14. The summed E-state index contributed by atoms with van der Waals surface area (Å²) < 4.78 is 15.9. The number of rotatable bonds is 6. The molecular formula is C26H22N2O5S. The van der Waals surface area contributed by atoms with Crippen molar-refractivity contribution in [3.63, 3.8) is 0 Å². The maximum absolute atomic E-state index is 13.4. The summed E-state index contributed by atoms with van der Waals surface area (Å²) in [5.41, 5.74) is 2.49. The van der Waals surface area contributed by atoms with Crippen molar-refractivity contribution in [2.75, 3.05) is 25.3 Å². The molecule has 2 heterocycles.